The summed E-state index contributed by atoms with van der Waals surface area (Å²) in [5.74, 6) is 0.407. The Balaban J connectivity index is 2.20. The molecular weight excluding hydrogens is 368 g/mol. The van der Waals surface area contributed by atoms with Crippen molar-refractivity contribution >= 4 is 27.7 Å². The van der Waals surface area contributed by atoms with Crippen LogP contribution >= 0.6 is 15.9 Å². The number of hydrogen-bond acceptors (Lipinski definition) is 2. The maximum atomic E-state index is 11.9. The van der Waals surface area contributed by atoms with Gasteiger partial charge in [0.15, 0.2) is 0 Å². The SMILES string of the molecule is CCCCC(CC)CNC(=O)CCC(=O)NCc1cccc(Br)c1. The van der Waals surface area contributed by atoms with Crippen LogP contribution in [0.25, 0.3) is 0 Å². The van der Waals surface area contributed by atoms with E-state index in [1.165, 1.54) is 12.8 Å². The zero-order valence-corrected chi connectivity index (χ0v) is 16.3. The van der Waals surface area contributed by atoms with Crippen LogP contribution in [0.5, 0.6) is 0 Å². The highest BCUT2D eigenvalue weighted by atomic mass is 79.9. The van der Waals surface area contributed by atoms with Crippen molar-refractivity contribution in [1.82, 2.24) is 10.6 Å². The molecule has 1 rings (SSSR count). The van der Waals surface area contributed by atoms with Crippen LogP contribution in [0.4, 0.5) is 0 Å². The number of unbranched alkanes of at least 4 members (excludes halogenated alkanes) is 1. The van der Waals surface area contributed by atoms with E-state index in [-0.39, 0.29) is 24.7 Å². The van der Waals surface area contributed by atoms with Crippen molar-refractivity contribution in [1.29, 1.82) is 0 Å². The molecule has 4 nitrogen and oxygen atoms in total. The van der Waals surface area contributed by atoms with E-state index in [2.05, 4.69) is 40.4 Å². The number of carbonyl (C=O) groups excluding carboxylic acids is 2. The molecule has 0 heterocycles. The number of carbonyl (C=O) groups is 2. The molecule has 2 amide bonds. The third-order valence-corrected chi connectivity index (χ3v) is 4.58. The molecule has 0 bridgehead atoms. The third-order valence-electron chi connectivity index (χ3n) is 4.09. The smallest absolute Gasteiger partial charge is 0.220 e. The van der Waals surface area contributed by atoms with Crippen LogP contribution < -0.4 is 10.6 Å². The number of nitrogens with one attached hydrogen (secondary N) is 2. The molecular formula is C19H29BrN2O2. The van der Waals surface area contributed by atoms with Crippen LogP contribution in [0.1, 0.15) is 57.9 Å². The zero-order valence-electron chi connectivity index (χ0n) is 14.7. The molecule has 0 saturated heterocycles. The lowest BCUT2D eigenvalue weighted by atomic mass is 9.99. The monoisotopic (exact) mass is 396 g/mol. The molecule has 0 radical (unpaired) electrons. The molecule has 0 aliphatic carbocycles. The van der Waals surface area contributed by atoms with E-state index < -0.39 is 0 Å². The topological polar surface area (TPSA) is 58.2 Å². The number of rotatable bonds is 11. The minimum absolute atomic E-state index is 0.0393. The highest BCUT2D eigenvalue weighted by Gasteiger charge is 2.10. The molecule has 1 aromatic rings. The van der Waals surface area contributed by atoms with E-state index in [4.69, 9.17) is 0 Å². The van der Waals surface area contributed by atoms with Crippen LogP contribution in [-0.2, 0) is 16.1 Å². The normalized spacial score (nSPS) is 11.8. The van der Waals surface area contributed by atoms with Gasteiger partial charge < -0.3 is 10.6 Å². The molecule has 0 saturated carbocycles. The number of hydrogen-bond donors (Lipinski definition) is 2. The number of benzene rings is 1. The van der Waals surface area contributed by atoms with Crippen molar-refractivity contribution < 1.29 is 9.59 Å². The van der Waals surface area contributed by atoms with Gasteiger partial charge >= 0.3 is 0 Å². The first-order chi connectivity index (χ1) is 11.5. The summed E-state index contributed by atoms with van der Waals surface area (Å²) in [6.45, 7) is 5.53. The molecule has 0 aromatic heterocycles. The summed E-state index contributed by atoms with van der Waals surface area (Å²) in [5.41, 5.74) is 1.03. The second kappa shape index (κ2) is 12.1. The summed E-state index contributed by atoms with van der Waals surface area (Å²) in [6.07, 6.45) is 5.09. The van der Waals surface area contributed by atoms with Crippen LogP contribution in [0.2, 0.25) is 0 Å². The quantitative estimate of drug-likeness (QED) is 0.589. The third kappa shape index (κ3) is 9.06. The Morgan fingerprint density at radius 3 is 2.46 bits per heavy atom. The Labute approximate surface area is 153 Å². The van der Waals surface area contributed by atoms with Gasteiger partial charge in [-0.3, -0.25) is 9.59 Å². The minimum atomic E-state index is -0.0943. The zero-order chi connectivity index (χ0) is 17.8. The van der Waals surface area contributed by atoms with Gasteiger partial charge in [-0.2, -0.15) is 0 Å². The second-order valence-electron chi connectivity index (χ2n) is 6.13. The molecule has 24 heavy (non-hydrogen) atoms. The molecule has 1 atom stereocenters. The summed E-state index contributed by atoms with van der Waals surface area (Å²) in [7, 11) is 0. The summed E-state index contributed by atoms with van der Waals surface area (Å²) in [6, 6.07) is 7.80. The fourth-order valence-electron chi connectivity index (χ4n) is 2.45. The summed E-state index contributed by atoms with van der Waals surface area (Å²) in [5, 5.41) is 5.80. The van der Waals surface area contributed by atoms with Crippen molar-refractivity contribution in [3.8, 4) is 0 Å². The Kier molecular flexibility index (Phi) is 10.4. The summed E-state index contributed by atoms with van der Waals surface area (Å²) in [4.78, 5) is 23.7. The Bertz CT molecular complexity index is 520. The fraction of sp³-hybridized carbons (Fsp3) is 0.579. The van der Waals surface area contributed by atoms with Crippen LogP contribution in [0, 0.1) is 5.92 Å². The van der Waals surface area contributed by atoms with Crippen molar-refractivity contribution in [3.05, 3.63) is 34.3 Å². The second-order valence-corrected chi connectivity index (χ2v) is 7.04. The molecule has 0 spiro atoms. The Hall–Kier alpha value is -1.36. The summed E-state index contributed by atoms with van der Waals surface area (Å²) < 4.78 is 0.988. The van der Waals surface area contributed by atoms with Gasteiger partial charge in [0.1, 0.15) is 0 Å². The van der Waals surface area contributed by atoms with E-state index in [1.807, 2.05) is 24.3 Å². The van der Waals surface area contributed by atoms with Gasteiger partial charge in [0.05, 0.1) is 0 Å². The maximum absolute atomic E-state index is 11.9. The average molecular weight is 397 g/mol. The predicted octanol–water partition coefficient (Wildman–Crippen LogP) is 4.18. The molecule has 134 valence electrons. The van der Waals surface area contributed by atoms with Gasteiger partial charge in [-0.05, 0) is 30.0 Å². The van der Waals surface area contributed by atoms with Crippen LogP contribution in [-0.4, -0.2) is 18.4 Å². The van der Waals surface area contributed by atoms with Gasteiger partial charge in [-0.25, -0.2) is 0 Å². The molecule has 0 aliphatic rings. The van der Waals surface area contributed by atoms with Gasteiger partial charge in [-0.1, -0.05) is 61.2 Å². The first-order valence-corrected chi connectivity index (χ1v) is 9.62. The van der Waals surface area contributed by atoms with E-state index in [0.717, 1.165) is 29.4 Å². The van der Waals surface area contributed by atoms with Gasteiger partial charge in [0, 0.05) is 30.4 Å². The van der Waals surface area contributed by atoms with Gasteiger partial charge in [0.25, 0.3) is 0 Å². The van der Waals surface area contributed by atoms with Gasteiger partial charge in [-0.15, -0.1) is 0 Å². The highest BCUT2D eigenvalue weighted by Crippen LogP contribution is 2.12. The van der Waals surface area contributed by atoms with Crippen molar-refractivity contribution in [2.45, 2.75) is 58.9 Å². The molecule has 0 fully saturated rings. The van der Waals surface area contributed by atoms with Crippen molar-refractivity contribution in [2.24, 2.45) is 5.92 Å². The van der Waals surface area contributed by atoms with Crippen molar-refractivity contribution in [3.63, 3.8) is 0 Å². The number of halogens is 1. The first-order valence-electron chi connectivity index (χ1n) is 8.83. The van der Waals surface area contributed by atoms with E-state index in [1.54, 1.807) is 0 Å². The molecule has 1 unspecified atom stereocenters. The molecule has 2 N–H and O–H groups in total. The van der Waals surface area contributed by atoms with Gasteiger partial charge in [0.2, 0.25) is 11.8 Å². The Morgan fingerprint density at radius 1 is 1.12 bits per heavy atom. The lowest BCUT2D eigenvalue weighted by molar-refractivity contribution is -0.126. The van der Waals surface area contributed by atoms with Crippen LogP contribution in [0.3, 0.4) is 0 Å². The largest absolute Gasteiger partial charge is 0.356 e. The average Bonchev–Trinajstić information content (AvgIpc) is 2.58. The van der Waals surface area contributed by atoms with Crippen LogP contribution in [0.15, 0.2) is 28.7 Å². The Morgan fingerprint density at radius 2 is 1.83 bits per heavy atom. The fourth-order valence-corrected chi connectivity index (χ4v) is 2.90. The molecule has 0 aliphatic heterocycles. The molecule has 1 aromatic carbocycles. The lowest BCUT2D eigenvalue weighted by Crippen LogP contribution is -2.31. The standard InChI is InChI=1S/C19H29BrN2O2/c1-3-5-7-15(4-2)13-21-18(23)10-11-19(24)22-14-16-8-6-9-17(20)12-16/h6,8-9,12,15H,3-5,7,10-11,13-14H2,1-2H3,(H,21,23)(H,22,24). The predicted molar refractivity (Wildman–Crippen MR) is 102 cm³/mol. The highest BCUT2D eigenvalue weighted by molar-refractivity contribution is 9.10. The van der Waals surface area contributed by atoms with Crippen molar-refractivity contribution in [2.75, 3.05) is 6.54 Å². The minimum Gasteiger partial charge on any atom is -0.356 e. The van der Waals surface area contributed by atoms with E-state index in [9.17, 15) is 9.59 Å². The lowest BCUT2D eigenvalue weighted by Gasteiger charge is -2.15. The first kappa shape index (κ1) is 20.7. The summed E-state index contributed by atoms with van der Waals surface area (Å²) >= 11 is 3.40. The number of amides is 2. The van der Waals surface area contributed by atoms with E-state index in [0.29, 0.717) is 12.5 Å². The van der Waals surface area contributed by atoms with E-state index >= 15 is 0 Å². The maximum Gasteiger partial charge on any atom is 0.220 e. The molecule has 5 heteroatoms.